The highest BCUT2D eigenvalue weighted by atomic mass is 16.4. The molecule has 0 spiro atoms. The number of anilines is 2. The van der Waals surface area contributed by atoms with Crippen molar-refractivity contribution in [1.29, 1.82) is 0 Å². The molecule has 4 N–H and O–H groups in total. The Bertz CT molecular complexity index is 436. The van der Waals surface area contributed by atoms with Gasteiger partial charge in [0.25, 0.3) is 0 Å². The Morgan fingerprint density at radius 2 is 2.28 bits per heavy atom. The molecule has 1 aliphatic rings. The molecule has 5 heteroatoms. The molecule has 1 aromatic rings. The van der Waals surface area contributed by atoms with Crippen LogP contribution in [0.2, 0.25) is 0 Å². The third-order valence-corrected chi connectivity index (χ3v) is 3.67. The van der Waals surface area contributed by atoms with E-state index in [1.165, 1.54) is 0 Å². The summed E-state index contributed by atoms with van der Waals surface area (Å²) < 4.78 is 0. The second-order valence-corrected chi connectivity index (χ2v) is 4.87. The molecule has 100 valence electrons. The molecule has 0 bridgehead atoms. The summed E-state index contributed by atoms with van der Waals surface area (Å²) in [6.07, 6.45) is 1.33. The summed E-state index contributed by atoms with van der Waals surface area (Å²) in [6.45, 7) is 4.30. The van der Waals surface area contributed by atoms with Crippen LogP contribution in [-0.4, -0.2) is 33.6 Å². The van der Waals surface area contributed by atoms with Gasteiger partial charge in [-0.15, -0.1) is 0 Å². The number of nitrogen functional groups attached to an aromatic ring is 1. The minimum atomic E-state index is -1.21. The van der Waals surface area contributed by atoms with E-state index >= 15 is 0 Å². The fourth-order valence-electron chi connectivity index (χ4n) is 2.51. The molecular weight excluding hydrogens is 230 g/mol. The highest BCUT2D eigenvalue weighted by Gasteiger charge is 2.43. The summed E-state index contributed by atoms with van der Waals surface area (Å²) in [5, 5.41) is 20.3. The molecule has 1 saturated heterocycles. The second kappa shape index (κ2) is 4.74. The number of aliphatic hydroxyl groups excluding tert-OH is 1. The summed E-state index contributed by atoms with van der Waals surface area (Å²) in [7, 11) is 0. The zero-order valence-electron chi connectivity index (χ0n) is 10.9. The SMILES string of the molecule is CCc1nc(N2CCCC2(O)C(C)O)ccc1N. The summed E-state index contributed by atoms with van der Waals surface area (Å²) in [5.74, 6) is 0.682. The van der Waals surface area contributed by atoms with E-state index in [-0.39, 0.29) is 0 Å². The number of rotatable bonds is 3. The Hall–Kier alpha value is -1.33. The molecule has 2 unspecified atom stereocenters. The van der Waals surface area contributed by atoms with Crippen molar-refractivity contribution in [3.05, 3.63) is 17.8 Å². The molecule has 1 aromatic heterocycles. The van der Waals surface area contributed by atoms with Crippen molar-refractivity contribution < 1.29 is 10.2 Å². The van der Waals surface area contributed by atoms with Gasteiger partial charge in [-0.1, -0.05) is 6.92 Å². The topological polar surface area (TPSA) is 82.6 Å². The van der Waals surface area contributed by atoms with Crippen LogP contribution in [0.4, 0.5) is 11.5 Å². The fourth-order valence-corrected chi connectivity index (χ4v) is 2.51. The number of pyridine rings is 1. The molecule has 0 radical (unpaired) electrons. The van der Waals surface area contributed by atoms with E-state index < -0.39 is 11.8 Å². The van der Waals surface area contributed by atoms with Crippen LogP contribution in [0, 0.1) is 0 Å². The first-order valence-electron chi connectivity index (χ1n) is 6.42. The molecular formula is C13H21N3O2. The van der Waals surface area contributed by atoms with Gasteiger partial charge in [-0.05, 0) is 38.3 Å². The van der Waals surface area contributed by atoms with Gasteiger partial charge in [0.1, 0.15) is 5.82 Å². The van der Waals surface area contributed by atoms with Crippen LogP contribution in [0.5, 0.6) is 0 Å². The molecule has 2 rings (SSSR count). The van der Waals surface area contributed by atoms with Crippen molar-refractivity contribution >= 4 is 11.5 Å². The quantitative estimate of drug-likeness (QED) is 0.743. The molecule has 0 saturated carbocycles. The number of nitrogens with two attached hydrogens (primary N) is 1. The van der Waals surface area contributed by atoms with Gasteiger partial charge in [0.2, 0.25) is 0 Å². The molecule has 2 heterocycles. The molecule has 18 heavy (non-hydrogen) atoms. The first-order chi connectivity index (χ1) is 8.49. The van der Waals surface area contributed by atoms with Crippen molar-refractivity contribution in [2.24, 2.45) is 0 Å². The second-order valence-electron chi connectivity index (χ2n) is 4.87. The van der Waals surface area contributed by atoms with Crippen LogP contribution in [0.3, 0.4) is 0 Å². The van der Waals surface area contributed by atoms with Gasteiger partial charge in [-0.3, -0.25) is 0 Å². The van der Waals surface area contributed by atoms with Gasteiger partial charge >= 0.3 is 0 Å². The van der Waals surface area contributed by atoms with Gasteiger partial charge < -0.3 is 20.8 Å². The van der Waals surface area contributed by atoms with E-state index in [0.29, 0.717) is 24.5 Å². The van der Waals surface area contributed by atoms with E-state index in [4.69, 9.17) is 5.73 Å². The zero-order chi connectivity index (χ0) is 13.3. The van der Waals surface area contributed by atoms with Gasteiger partial charge in [0.05, 0.1) is 17.5 Å². The van der Waals surface area contributed by atoms with Crippen LogP contribution in [0.25, 0.3) is 0 Å². The van der Waals surface area contributed by atoms with Crippen LogP contribution in [-0.2, 0) is 6.42 Å². The lowest BCUT2D eigenvalue weighted by Gasteiger charge is -2.37. The number of hydrogen-bond acceptors (Lipinski definition) is 5. The van der Waals surface area contributed by atoms with Crippen LogP contribution in [0.1, 0.15) is 32.4 Å². The Balaban J connectivity index is 2.36. The highest BCUT2D eigenvalue weighted by Crippen LogP contribution is 2.34. The maximum Gasteiger partial charge on any atom is 0.165 e. The molecule has 5 nitrogen and oxygen atoms in total. The highest BCUT2D eigenvalue weighted by molar-refractivity contribution is 5.52. The average molecular weight is 251 g/mol. The zero-order valence-corrected chi connectivity index (χ0v) is 10.9. The monoisotopic (exact) mass is 251 g/mol. The number of hydrogen-bond donors (Lipinski definition) is 3. The van der Waals surface area contributed by atoms with Crippen LogP contribution in [0.15, 0.2) is 12.1 Å². The van der Waals surface area contributed by atoms with E-state index in [9.17, 15) is 10.2 Å². The average Bonchev–Trinajstić information content (AvgIpc) is 2.73. The number of aromatic nitrogens is 1. The standard InChI is InChI=1S/C13H21N3O2/c1-3-11-10(14)5-6-12(15-11)16-8-4-7-13(16,18)9(2)17/h5-6,9,17-18H,3-4,7-8,14H2,1-2H3. The van der Waals surface area contributed by atoms with Crippen molar-refractivity contribution in [2.45, 2.75) is 44.9 Å². The van der Waals surface area contributed by atoms with Gasteiger partial charge in [-0.2, -0.15) is 0 Å². The summed E-state index contributed by atoms with van der Waals surface area (Å²) >= 11 is 0. The normalized spacial score (nSPS) is 25.4. The van der Waals surface area contributed by atoms with Gasteiger partial charge in [0.15, 0.2) is 5.72 Å². The first kappa shape index (κ1) is 13.1. The van der Waals surface area contributed by atoms with E-state index in [2.05, 4.69) is 4.98 Å². The third kappa shape index (κ3) is 2.04. The third-order valence-electron chi connectivity index (χ3n) is 3.67. The van der Waals surface area contributed by atoms with Crippen molar-refractivity contribution in [1.82, 2.24) is 4.98 Å². The molecule has 0 aromatic carbocycles. The molecule has 0 amide bonds. The molecule has 0 aliphatic carbocycles. The van der Waals surface area contributed by atoms with E-state index in [1.807, 2.05) is 13.0 Å². The minimum Gasteiger partial charge on any atom is -0.397 e. The lowest BCUT2D eigenvalue weighted by molar-refractivity contribution is -0.0578. The Kier molecular flexibility index (Phi) is 3.45. The lowest BCUT2D eigenvalue weighted by Crippen LogP contribution is -2.52. The Labute approximate surface area is 107 Å². The predicted molar refractivity (Wildman–Crippen MR) is 71.2 cm³/mol. The summed E-state index contributed by atoms with van der Waals surface area (Å²) in [5.41, 5.74) is 6.11. The molecule has 1 aliphatic heterocycles. The number of aliphatic hydroxyl groups is 2. The lowest BCUT2D eigenvalue weighted by atomic mass is 10.1. The summed E-state index contributed by atoms with van der Waals surface area (Å²) in [6, 6.07) is 3.61. The maximum atomic E-state index is 10.5. The summed E-state index contributed by atoms with van der Waals surface area (Å²) in [4.78, 5) is 6.25. The first-order valence-corrected chi connectivity index (χ1v) is 6.42. The molecule has 2 atom stereocenters. The van der Waals surface area contributed by atoms with Crippen molar-refractivity contribution in [3.63, 3.8) is 0 Å². The Morgan fingerprint density at radius 1 is 1.56 bits per heavy atom. The smallest absolute Gasteiger partial charge is 0.165 e. The minimum absolute atomic E-state index is 0.554. The van der Waals surface area contributed by atoms with Gasteiger partial charge in [-0.25, -0.2) is 4.98 Å². The van der Waals surface area contributed by atoms with Crippen molar-refractivity contribution in [2.75, 3.05) is 17.2 Å². The Morgan fingerprint density at radius 3 is 2.89 bits per heavy atom. The van der Waals surface area contributed by atoms with Crippen LogP contribution >= 0.6 is 0 Å². The predicted octanol–water partition coefficient (Wildman–Crippen LogP) is 0.896. The maximum absolute atomic E-state index is 10.5. The van der Waals surface area contributed by atoms with Gasteiger partial charge in [0, 0.05) is 6.54 Å². The van der Waals surface area contributed by atoms with Crippen molar-refractivity contribution in [3.8, 4) is 0 Å². The fraction of sp³-hybridized carbons (Fsp3) is 0.615. The molecule has 1 fully saturated rings. The largest absolute Gasteiger partial charge is 0.397 e. The van der Waals surface area contributed by atoms with E-state index in [1.54, 1.807) is 17.9 Å². The number of aryl methyl sites for hydroxylation is 1. The van der Waals surface area contributed by atoms with E-state index in [0.717, 1.165) is 18.5 Å². The number of nitrogens with zero attached hydrogens (tertiary/aromatic N) is 2. The van der Waals surface area contributed by atoms with Crippen LogP contribution < -0.4 is 10.6 Å².